The first-order valence-corrected chi connectivity index (χ1v) is 7.01. The first-order chi connectivity index (χ1) is 9.11. The second-order valence-electron chi connectivity index (χ2n) is 5.50. The summed E-state index contributed by atoms with van der Waals surface area (Å²) in [5, 5.41) is 9.00. The lowest BCUT2D eigenvalue weighted by Gasteiger charge is -2.16. The van der Waals surface area contributed by atoms with Crippen molar-refractivity contribution in [3.05, 3.63) is 29.3 Å². The van der Waals surface area contributed by atoms with Crippen molar-refractivity contribution in [3.8, 4) is 5.75 Å². The summed E-state index contributed by atoms with van der Waals surface area (Å²) in [6.07, 6.45) is 5.58. The number of hydrogen-bond acceptors (Lipinski definition) is 2. The number of carbonyl (C=O) groups is 1. The Morgan fingerprint density at radius 1 is 1.42 bits per heavy atom. The van der Waals surface area contributed by atoms with Crippen LogP contribution < -0.4 is 4.74 Å². The molecule has 0 spiro atoms. The van der Waals surface area contributed by atoms with Gasteiger partial charge in [0.25, 0.3) is 0 Å². The van der Waals surface area contributed by atoms with E-state index in [0.717, 1.165) is 11.3 Å². The molecule has 1 N–H and O–H groups in total. The van der Waals surface area contributed by atoms with E-state index in [2.05, 4.69) is 6.07 Å². The van der Waals surface area contributed by atoms with E-state index in [0.29, 0.717) is 12.3 Å². The van der Waals surface area contributed by atoms with Gasteiger partial charge in [-0.15, -0.1) is 0 Å². The zero-order chi connectivity index (χ0) is 13.8. The van der Waals surface area contributed by atoms with Gasteiger partial charge in [-0.2, -0.15) is 0 Å². The Labute approximate surface area is 114 Å². The average molecular weight is 262 g/mol. The van der Waals surface area contributed by atoms with Crippen LogP contribution in [0, 0.1) is 5.92 Å². The summed E-state index contributed by atoms with van der Waals surface area (Å²) in [7, 11) is 1.70. The number of benzene rings is 1. The standard InChI is InChI=1S/C16H22O3/c1-11(16(17)18)9-12-7-8-15(19-2)14(10-12)13-5-3-4-6-13/h7-8,10-11,13H,3-6,9H2,1-2H3,(H,17,18). The molecule has 0 radical (unpaired) electrons. The van der Waals surface area contributed by atoms with Gasteiger partial charge in [0.2, 0.25) is 0 Å². The highest BCUT2D eigenvalue weighted by atomic mass is 16.5. The summed E-state index contributed by atoms with van der Waals surface area (Å²) >= 11 is 0. The maximum Gasteiger partial charge on any atom is 0.306 e. The summed E-state index contributed by atoms with van der Waals surface area (Å²) in [5.74, 6) is 0.441. The number of methoxy groups -OCH3 is 1. The molecule has 1 aromatic carbocycles. The molecule has 19 heavy (non-hydrogen) atoms. The largest absolute Gasteiger partial charge is 0.496 e. The van der Waals surface area contributed by atoms with Crippen molar-refractivity contribution < 1.29 is 14.6 Å². The average Bonchev–Trinajstić information content (AvgIpc) is 2.92. The smallest absolute Gasteiger partial charge is 0.306 e. The summed E-state index contributed by atoms with van der Waals surface area (Å²) in [4.78, 5) is 10.9. The van der Waals surface area contributed by atoms with Gasteiger partial charge in [0.15, 0.2) is 0 Å². The van der Waals surface area contributed by atoms with Crippen LogP contribution in [0.15, 0.2) is 18.2 Å². The minimum atomic E-state index is -0.738. The Morgan fingerprint density at radius 2 is 2.11 bits per heavy atom. The zero-order valence-corrected chi connectivity index (χ0v) is 11.7. The van der Waals surface area contributed by atoms with Crippen LogP contribution in [-0.4, -0.2) is 18.2 Å². The molecule has 1 fully saturated rings. The van der Waals surface area contributed by atoms with E-state index in [9.17, 15) is 4.79 Å². The van der Waals surface area contributed by atoms with E-state index in [1.54, 1.807) is 14.0 Å². The van der Waals surface area contributed by atoms with E-state index < -0.39 is 5.97 Å². The molecule has 0 bridgehead atoms. The first-order valence-electron chi connectivity index (χ1n) is 7.01. The van der Waals surface area contributed by atoms with Crippen molar-refractivity contribution in [3.63, 3.8) is 0 Å². The molecule has 1 aromatic rings. The van der Waals surface area contributed by atoms with Gasteiger partial charge < -0.3 is 9.84 Å². The predicted molar refractivity (Wildman–Crippen MR) is 74.7 cm³/mol. The Morgan fingerprint density at radius 3 is 2.68 bits per heavy atom. The van der Waals surface area contributed by atoms with E-state index in [4.69, 9.17) is 9.84 Å². The van der Waals surface area contributed by atoms with Crippen LogP contribution in [0.1, 0.15) is 49.7 Å². The molecule has 3 nitrogen and oxygen atoms in total. The zero-order valence-electron chi connectivity index (χ0n) is 11.7. The Hall–Kier alpha value is -1.51. The van der Waals surface area contributed by atoms with Crippen molar-refractivity contribution in [1.29, 1.82) is 0 Å². The number of hydrogen-bond donors (Lipinski definition) is 1. The maximum atomic E-state index is 10.9. The fraction of sp³-hybridized carbons (Fsp3) is 0.562. The van der Waals surface area contributed by atoms with E-state index in [1.165, 1.54) is 31.2 Å². The molecular formula is C16H22O3. The first kappa shape index (κ1) is 13.9. The van der Waals surface area contributed by atoms with Crippen LogP contribution in [0.5, 0.6) is 5.75 Å². The fourth-order valence-corrected chi connectivity index (χ4v) is 2.91. The van der Waals surface area contributed by atoms with Gasteiger partial charge in [-0.05, 0) is 42.4 Å². The van der Waals surface area contributed by atoms with Crippen LogP contribution in [0.4, 0.5) is 0 Å². The molecule has 1 unspecified atom stereocenters. The van der Waals surface area contributed by atoms with E-state index >= 15 is 0 Å². The van der Waals surface area contributed by atoms with Crippen molar-refractivity contribution in [1.82, 2.24) is 0 Å². The highest BCUT2D eigenvalue weighted by Gasteiger charge is 2.21. The molecule has 0 heterocycles. The molecule has 0 amide bonds. The number of rotatable bonds is 5. The predicted octanol–water partition coefficient (Wildman–Crippen LogP) is 3.62. The SMILES string of the molecule is COc1ccc(CC(C)C(=O)O)cc1C1CCCC1. The summed E-state index contributed by atoms with van der Waals surface area (Å²) in [5.41, 5.74) is 2.35. The van der Waals surface area contributed by atoms with Gasteiger partial charge in [0.05, 0.1) is 13.0 Å². The van der Waals surface area contributed by atoms with Crippen LogP contribution in [0.3, 0.4) is 0 Å². The minimum Gasteiger partial charge on any atom is -0.496 e. The Kier molecular flexibility index (Phi) is 4.46. The van der Waals surface area contributed by atoms with Crippen LogP contribution in [0.25, 0.3) is 0 Å². The van der Waals surface area contributed by atoms with E-state index in [1.807, 2.05) is 12.1 Å². The van der Waals surface area contributed by atoms with Gasteiger partial charge in [0, 0.05) is 0 Å². The lowest BCUT2D eigenvalue weighted by molar-refractivity contribution is -0.141. The quantitative estimate of drug-likeness (QED) is 0.881. The third-order valence-corrected chi connectivity index (χ3v) is 4.05. The monoisotopic (exact) mass is 262 g/mol. The lowest BCUT2D eigenvalue weighted by atomic mass is 9.92. The normalized spacial score (nSPS) is 17.4. The molecule has 0 aromatic heterocycles. The summed E-state index contributed by atoms with van der Waals surface area (Å²) in [6, 6.07) is 6.11. The third-order valence-electron chi connectivity index (χ3n) is 4.05. The number of ether oxygens (including phenoxy) is 1. The highest BCUT2D eigenvalue weighted by Crippen LogP contribution is 2.39. The van der Waals surface area contributed by atoms with Crippen molar-refractivity contribution >= 4 is 5.97 Å². The number of carboxylic acid groups (broad SMARTS) is 1. The summed E-state index contributed by atoms with van der Waals surface area (Å²) in [6.45, 7) is 1.75. The number of carboxylic acids is 1. The van der Waals surface area contributed by atoms with Crippen LogP contribution in [0.2, 0.25) is 0 Å². The molecule has 0 saturated heterocycles. The fourth-order valence-electron chi connectivity index (χ4n) is 2.91. The molecule has 2 rings (SSSR count). The molecular weight excluding hydrogens is 240 g/mol. The minimum absolute atomic E-state index is 0.343. The van der Waals surface area contributed by atoms with Crippen molar-refractivity contribution in [2.45, 2.75) is 44.9 Å². The van der Waals surface area contributed by atoms with E-state index in [-0.39, 0.29) is 5.92 Å². The van der Waals surface area contributed by atoms with Gasteiger partial charge in [0.1, 0.15) is 5.75 Å². The summed E-state index contributed by atoms with van der Waals surface area (Å²) < 4.78 is 5.45. The maximum absolute atomic E-state index is 10.9. The van der Waals surface area contributed by atoms with Gasteiger partial charge in [-0.25, -0.2) is 0 Å². The van der Waals surface area contributed by atoms with Crippen molar-refractivity contribution in [2.75, 3.05) is 7.11 Å². The molecule has 1 atom stereocenters. The molecule has 0 aliphatic heterocycles. The molecule has 1 aliphatic carbocycles. The molecule has 3 heteroatoms. The lowest BCUT2D eigenvalue weighted by Crippen LogP contribution is -2.12. The third kappa shape index (κ3) is 3.28. The number of aliphatic carboxylic acids is 1. The molecule has 104 valence electrons. The van der Waals surface area contributed by atoms with Gasteiger partial charge >= 0.3 is 5.97 Å². The molecule has 1 aliphatic rings. The van der Waals surface area contributed by atoms with Crippen LogP contribution in [-0.2, 0) is 11.2 Å². The Balaban J connectivity index is 2.22. The van der Waals surface area contributed by atoms with Crippen LogP contribution >= 0.6 is 0 Å². The van der Waals surface area contributed by atoms with Crippen molar-refractivity contribution in [2.24, 2.45) is 5.92 Å². The second kappa shape index (κ2) is 6.09. The second-order valence-corrected chi connectivity index (χ2v) is 5.50. The Bertz CT molecular complexity index is 447. The van der Waals surface area contributed by atoms with Gasteiger partial charge in [-0.3, -0.25) is 4.79 Å². The molecule has 1 saturated carbocycles. The highest BCUT2D eigenvalue weighted by molar-refractivity contribution is 5.69. The topological polar surface area (TPSA) is 46.5 Å². The van der Waals surface area contributed by atoms with Gasteiger partial charge in [-0.1, -0.05) is 31.9 Å².